The molecule has 9 nitrogen and oxygen atoms in total. The standard InChI is InChI=1S/C21H28N8O.HI/c1-2-22-21(23-9-4-12-28-13-5-10-25-28)24-16-18-7-3-8-19(15-18)27-20(30)17-29-14-6-11-26-29;/h3,5-8,10-11,13-15H,2,4,9,12,16-17H2,1H3,(H,27,30)(H2,22,23,24);1H. The maximum atomic E-state index is 12.1. The summed E-state index contributed by atoms with van der Waals surface area (Å²) in [4.78, 5) is 16.8. The lowest BCUT2D eigenvalue weighted by atomic mass is 10.2. The van der Waals surface area contributed by atoms with Gasteiger partial charge in [0.05, 0.1) is 6.54 Å². The first kappa shape index (κ1) is 24.4. The number of rotatable bonds is 10. The smallest absolute Gasteiger partial charge is 0.246 e. The van der Waals surface area contributed by atoms with Gasteiger partial charge in [0.1, 0.15) is 6.54 Å². The van der Waals surface area contributed by atoms with Crippen LogP contribution in [0.1, 0.15) is 18.9 Å². The Morgan fingerprint density at radius 2 is 1.84 bits per heavy atom. The topological polar surface area (TPSA) is 101 Å². The molecular weight excluding hydrogens is 507 g/mol. The highest BCUT2D eigenvalue weighted by atomic mass is 127. The number of aromatic nitrogens is 4. The molecule has 2 aromatic heterocycles. The van der Waals surface area contributed by atoms with E-state index in [0.29, 0.717) is 6.54 Å². The molecule has 0 spiro atoms. The molecule has 166 valence electrons. The Hall–Kier alpha value is -2.89. The predicted molar refractivity (Wildman–Crippen MR) is 132 cm³/mol. The van der Waals surface area contributed by atoms with E-state index in [-0.39, 0.29) is 36.4 Å². The molecule has 31 heavy (non-hydrogen) atoms. The van der Waals surface area contributed by atoms with Crippen LogP contribution in [-0.4, -0.2) is 44.5 Å². The van der Waals surface area contributed by atoms with Crippen LogP contribution in [0.15, 0.2) is 66.2 Å². The molecule has 0 atom stereocenters. The van der Waals surface area contributed by atoms with Gasteiger partial charge in [-0.25, -0.2) is 4.99 Å². The summed E-state index contributed by atoms with van der Waals surface area (Å²) >= 11 is 0. The minimum absolute atomic E-state index is 0. The largest absolute Gasteiger partial charge is 0.357 e. The molecule has 1 amide bonds. The lowest BCUT2D eigenvalue weighted by Gasteiger charge is -2.12. The van der Waals surface area contributed by atoms with Gasteiger partial charge in [0.2, 0.25) is 5.91 Å². The quantitative estimate of drug-likeness (QED) is 0.160. The average molecular weight is 536 g/mol. The fraction of sp³-hybridized carbons (Fsp3) is 0.333. The van der Waals surface area contributed by atoms with E-state index >= 15 is 0 Å². The first-order valence-corrected chi connectivity index (χ1v) is 10.1. The zero-order valence-electron chi connectivity index (χ0n) is 17.6. The van der Waals surface area contributed by atoms with Crippen molar-refractivity contribution in [1.82, 2.24) is 30.2 Å². The second-order valence-corrected chi connectivity index (χ2v) is 6.70. The molecule has 2 heterocycles. The fourth-order valence-corrected chi connectivity index (χ4v) is 2.88. The number of hydrogen-bond acceptors (Lipinski definition) is 4. The van der Waals surface area contributed by atoms with Crippen molar-refractivity contribution in [1.29, 1.82) is 0 Å². The van der Waals surface area contributed by atoms with Gasteiger partial charge in [-0.3, -0.25) is 14.2 Å². The van der Waals surface area contributed by atoms with Gasteiger partial charge in [-0.05, 0) is 43.2 Å². The number of halogens is 1. The molecule has 0 bridgehead atoms. The number of aliphatic imine (C=N–C) groups is 1. The van der Waals surface area contributed by atoms with Gasteiger partial charge in [0.25, 0.3) is 0 Å². The number of carbonyl (C=O) groups excluding carboxylic acids is 1. The van der Waals surface area contributed by atoms with Crippen LogP contribution in [0.3, 0.4) is 0 Å². The molecule has 0 radical (unpaired) electrons. The molecule has 0 fully saturated rings. The summed E-state index contributed by atoms with van der Waals surface area (Å²) in [5, 5.41) is 17.7. The Morgan fingerprint density at radius 1 is 1.06 bits per heavy atom. The van der Waals surface area contributed by atoms with Crippen LogP contribution < -0.4 is 16.0 Å². The summed E-state index contributed by atoms with van der Waals surface area (Å²) in [5.41, 5.74) is 1.76. The van der Waals surface area contributed by atoms with Crippen molar-refractivity contribution in [3.63, 3.8) is 0 Å². The maximum Gasteiger partial charge on any atom is 0.246 e. The Morgan fingerprint density at radius 3 is 2.55 bits per heavy atom. The highest BCUT2D eigenvalue weighted by Crippen LogP contribution is 2.11. The van der Waals surface area contributed by atoms with E-state index in [9.17, 15) is 4.79 Å². The molecule has 0 saturated heterocycles. The molecule has 3 N–H and O–H groups in total. The van der Waals surface area contributed by atoms with Crippen molar-refractivity contribution in [2.75, 3.05) is 18.4 Å². The second-order valence-electron chi connectivity index (χ2n) is 6.70. The number of guanidine groups is 1. The molecule has 10 heteroatoms. The number of carbonyl (C=O) groups is 1. The molecule has 0 unspecified atom stereocenters. The zero-order chi connectivity index (χ0) is 21.0. The molecule has 0 aliphatic rings. The van der Waals surface area contributed by atoms with Crippen molar-refractivity contribution in [3.8, 4) is 0 Å². The summed E-state index contributed by atoms with van der Waals surface area (Å²) in [6, 6.07) is 11.4. The number of hydrogen-bond donors (Lipinski definition) is 3. The van der Waals surface area contributed by atoms with Crippen LogP contribution >= 0.6 is 24.0 Å². The van der Waals surface area contributed by atoms with Gasteiger partial charge in [-0.15, -0.1) is 24.0 Å². The molecule has 0 aliphatic heterocycles. The van der Waals surface area contributed by atoms with Gasteiger partial charge in [0.15, 0.2) is 5.96 Å². The van der Waals surface area contributed by atoms with Gasteiger partial charge in [0, 0.05) is 50.1 Å². The number of benzene rings is 1. The molecule has 0 saturated carbocycles. The van der Waals surface area contributed by atoms with Crippen LogP contribution in [0, 0.1) is 0 Å². The lowest BCUT2D eigenvalue weighted by molar-refractivity contribution is -0.116. The van der Waals surface area contributed by atoms with E-state index in [1.807, 2.05) is 48.1 Å². The van der Waals surface area contributed by atoms with E-state index in [1.54, 1.807) is 29.3 Å². The van der Waals surface area contributed by atoms with Crippen molar-refractivity contribution in [2.45, 2.75) is 33.0 Å². The monoisotopic (exact) mass is 536 g/mol. The van der Waals surface area contributed by atoms with Crippen LogP contribution in [0.2, 0.25) is 0 Å². The number of nitrogens with one attached hydrogen (secondary N) is 3. The van der Waals surface area contributed by atoms with E-state index in [0.717, 1.165) is 43.3 Å². The average Bonchev–Trinajstić information content (AvgIpc) is 3.44. The number of anilines is 1. The van der Waals surface area contributed by atoms with E-state index in [4.69, 9.17) is 0 Å². The van der Waals surface area contributed by atoms with Crippen LogP contribution in [0.25, 0.3) is 0 Å². The minimum Gasteiger partial charge on any atom is -0.357 e. The number of nitrogens with zero attached hydrogens (tertiary/aromatic N) is 5. The Labute approximate surface area is 199 Å². The Bertz CT molecular complexity index is 925. The van der Waals surface area contributed by atoms with Crippen molar-refractivity contribution < 1.29 is 4.79 Å². The van der Waals surface area contributed by atoms with E-state index < -0.39 is 0 Å². The van der Waals surface area contributed by atoms with Crippen LogP contribution in [0.5, 0.6) is 0 Å². The molecule has 0 aliphatic carbocycles. The summed E-state index contributed by atoms with van der Waals surface area (Å²) in [6.45, 7) is 5.18. The number of amides is 1. The Balaban J connectivity index is 0.00000341. The third kappa shape index (κ3) is 8.79. The number of aryl methyl sites for hydroxylation is 1. The van der Waals surface area contributed by atoms with Gasteiger partial charge < -0.3 is 16.0 Å². The highest BCUT2D eigenvalue weighted by Gasteiger charge is 2.05. The van der Waals surface area contributed by atoms with E-state index in [1.165, 1.54) is 0 Å². The first-order chi connectivity index (χ1) is 14.7. The van der Waals surface area contributed by atoms with Crippen molar-refractivity contribution >= 4 is 41.5 Å². The fourth-order valence-electron chi connectivity index (χ4n) is 2.88. The second kappa shape index (κ2) is 13.4. The van der Waals surface area contributed by atoms with E-state index in [2.05, 4.69) is 31.1 Å². The summed E-state index contributed by atoms with van der Waals surface area (Å²) in [5.74, 6) is 0.651. The third-order valence-electron chi connectivity index (χ3n) is 4.26. The summed E-state index contributed by atoms with van der Waals surface area (Å²) in [7, 11) is 0. The molecular formula is C21H29IN8O. The molecule has 1 aromatic carbocycles. The molecule has 3 aromatic rings. The summed E-state index contributed by atoms with van der Waals surface area (Å²) in [6.07, 6.45) is 8.10. The highest BCUT2D eigenvalue weighted by molar-refractivity contribution is 14.0. The SMILES string of the molecule is CCNC(=NCc1cccc(NC(=O)Cn2cccn2)c1)NCCCn1cccn1.I. The predicted octanol–water partition coefficient (Wildman–Crippen LogP) is 2.48. The maximum absolute atomic E-state index is 12.1. The van der Waals surface area contributed by atoms with Gasteiger partial charge in [-0.2, -0.15) is 10.2 Å². The van der Waals surface area contributed by atoms with Crippen LogP contribution in [0.4, 0.5) is 5.69 Å². The minimum atomic E-state index is -0.119. The van der Waals surface area contributed by atoms with Crippen LogP contribution in [-0.2, 0) is 24.4 Å². The van der Waals surface area contributed by atoms with Gasteiger partial charge >= 0.3 is 0 Å². The Kier molecular flexibility index (Phi) is 10.6. The zero-order valence-corrected chi connectivity index (χ0v) is 19.9. The first-order valence-electron chi connectivity index (χ1n) is 10.1. The lowest BCUT2D eigenvalue weighted by Crippen LogP contribution is -2.38. The van der Waals surface area contributed by atoms with Crippen molar-refractivity contribution in [2.24, 2.45) is 4.99 Å². The molecule has 3 rings (SSSR count). The van der Waals surface area contributed by atoms with Gasteiger partial charge in [-0.1, -0.05) is 12.1 Å². The third-order valence-corrected chi connectivity index (χ3v) is 4.26. The van der Waals surface area contributed by atoms with Crippen molar-refractivity contribution in [3.05, 3.63) is 66.7 Å². The summed E-state index contributed by atoms with van der Waals surface area (Å²) < 4.78 is 3.50. The normalized spacial score (nSPS) is 10.9.